The Labute approximate surface area is 693 Å². The number of furan rings is 3. The van der Waals surface area contributed by atoms with Gasteiger partial charge in [-0.1, -0.05) is 290 Å². The Balaban J connectivity index is 0.000000108. The standard InChI is InChI=1S/2C37H26N2O.C35H24N4O/c1-37(2)30-18-17-25(19-27(30)28-20-29-26-15-9-10-16-34(26)40-35(29)21-31(28)37)33-22-32(23-11-5-3-6-12-23)38-36(39-33)24-13-7-4-8-14-24;1-37(2)30-18-17-25(19-27(30)28-20-29-26-15-9-10-16-34(26)40-35(29)21-31(28)37)36-38-32(23-11-5-3-6-12-23)22-33(39-36)24-13-7-4-8-14-24;1-35(2)27-18-22(15-16-23(27)25-19-26-24-12-6-7-14-30(24)40-31(26)20-28(25)35)33-37-32(21-10-4-3-5-11-21)38-34(39-33)29-13-8-9-17-36-29/h2*3-22H,1-2H3;3-20H,1-2H3. The number of hydrogen-bond acceptors (Lipinski definition) is 11. The Morgan fingerprint density at radius 1 is 0.183 bits per heavy atom. The number of benzene rings is 14. The molecule has 0 fully saturated rings. The van der Waals surface area contributed by atoms with Crippen molar-refractivity contribution in [3.63, 3.8) is 0 Å². The molecule has 7 aromatic heterocycles. The molecular weight excluding hydrogens is 1470 g/mol. The first-order valence-corrected chi connectivity index (χ1v) is 40.7. The molecule has 120 heavy (non-hydrogen) atoms. The third kappa shape index (κ3) is 12.1. The molecule has 0 radical (unpaired) electrons. The zero-order valence-electron chi connectivity index (χ0n) is 66.8. The van der Waals surface area contributed by atoms with Gasteiger partial charge in [-0.2, -0.15) is 0 Å². The van der Waals surface area contributed by atoms with E-state index < -0.39 is 0 Å². The lowest BCUT2D eigenvalue weighted by Crippen LogP contribution is -2.15. The highest BCUT2D eigenvalue weighted by atomic mass is 16.3. The van der Waals surface area contributed by atoms with Gasteiger partial charge in [0, 0.05) is 99.3 Å². The van der Waals surface area contributed by atoms with Crippen LogP contribution in [0.5, 0.6) is 0 Å². The molecule has 0 spiro atoms. The van der Waals surface area contributed by atoms with Gasteiger partial charge >= 0.3 is 0 Å². The summed E-state index contributed by atoms with van der Waals surface area (Å²) < 4.78 is 18.8. The highest BCUT2D eigenvalue weighted by molar-refractivity contribution is 6.11. The summed E-state index contributed by atoms with van der Waals surface area (Å²) in [5.74, 6) is 3.26. The van der Waals surface area contributed by atoms with Crippen molar-refractivity contribution in [3.8, 4) is 135 Å². The Morgan fingerprint density at radius 2 is 0.492 bits per heavy atom. The van der Waals surface area contributed by atoms with Gasteiger partial charge in [0.1, 0.15) is 39.2 Å². The Hall–Kier alpha value is -15.2. The average molecular weight is 1550 g/mol. The Kier molecular flexibility index (Phi) is 16.7. The minimum absolute atomic E-state index is 0.133. The summed E-state index contributed by atoms with van der Waals surface area (Å²) in [5.41, 5.74) is 32.9. The predicted molar refractivity (Wildman–Crippen MR) is 485 cm³/mol. The normalized spacial score (nSPS) is 13.4. The third-order valence-corrected chi connectivity index (χ3v) is 24.6. The Morgan fingerprint density at radius 3 is 0.925 bits per heavy atom. The van der Waals surface area contributed by atoms with Crippen molar-refractivity contribution in [2.24, 2.45) is 0 Å². The molecule has 3 aliphatic rings. The van der Waals surface area contributed by atoms with E-state index in [0.29, 0.717) is 23.2 Å². The van der Waals surface area contributed by atoms with Gasteiger partial charge in [-0.15, -0.1) is 0 Å². The molecule has 0 saturated carbocycles. The smallest absolute Gasteiger partial charge is 0.182 e. The lowest BCUT2D eigenvalue weighted by molar-refractivity contribution is 0.647. The van der Waals surface area contributed by atoms with Gasteiger partial charge in [0.15, 0.2) is 29.1 Å². The lowest BCUT2D eigenvalue weighted by atomic mass is 9.82. The Bertz CT molecular complexity index is 7190. The fraction of sp³-hybridized carbons (Fsp3) is 0.0826. The molecular formula is C109H76N8O3. The fourth-order valence-electron chi connectivity index (χ4n) is 18.3. The van der Waals surface area contributed by atoms with Gasteiger partial charge in [0.05, 0.1) is 22.8 Å². The minimum Gasteiger partial charge on any atom is -0.456 e. The summed E-state index contributed by atoms with van der Waals surface area (Å²) in [6.45, 7) is 13.8. The highest BCUT2D eigenvalue weighted by Gasteiger charge is 2.40. The van der Waals surface area contributed by atoms with E-state index in [4.69, 9.17) is 48.1 Å². The zero-order chi connectivity index (χ0) is 80.5. The van der Waals surface area contributed by atoms with Gasteiger partial charge < -0.3 is 13.3 Å². The van der Waals surface area contributed by atoms with Gasteiger partial charge in [-0.05, 0) is 164 Å². The molecule has 7 heterocycles. The second-order valence-electron chi connectivity index (χ2n) is 32.9. The lowest BCUT2D eigenvalue weighted by Gasteiger charge is -2.21. The number of aromatic nitrogens is 8. The maximum atomic E-state index is 6.26. The second kappa shape index (κ2) is 28.0. The minimum atomic E-state index is -0.215. The number of para-hydroxylation sites is 3. The quantitative estimate of drug-likeness (QED) is 0.136. The van der Waals surface area contributed by atoms with E-state index in [2.05, 4.69) is 235 Å². The third-order valence-electron chi connectivity index (χ3n) is 24.6. The van der Waals surface area contributed by atoms with Crippen LogP contribution in [0.1, 0.15) is 74.9 Å². The molecule has 0 bridgehead atoms. The van der Waals surface area contributed by atoms with Crippen LogP contribution in [0.3, 0.4) is 0 Å². The summed E-state index contributed by atoms with van der Waals surface area (Å²) in [6, 6.07) is 120. The molecule has 570 valence electrons. The van der Waals surface area contributed by atoms with Crippen LogP contribution >= 0.6 is 0 Å². The van der Waals surface area contributed by atoms with E-state index in [-0.39, 0.29) is 16.2 Å². The summed E-state index contributed by atoms with van der Waals surface area (Å²) >= 11 is 0. The molecule has 11 heteroatoms. The van der Waals surface area contributed by atoms with E-state index in [9.17, 15) is 0 Å². The SMILES string of the molecule is CC1(C)c2cc(-c3nc(-c4ccccc4)nc(-c4ccccn4)n3)ccc2-c2cc3c(cc21)oc1ccccc13.CC1(C)c2ccc(-c3cc(-c4ccccc4)nc(-c4ccccc4)n3)cc2-c2cc3c(cc21)oc1ccccc13.CC1(C)c2ccc(-c3nc(-c4ccccc4)cc(-c4ccccc4)n3)cc2-c2cc3c(cc21)oc1ccccc13. The molecule has 0 amide bonds. The molecule has 24 rings (SSSR count). The molecule has 21 aromatic rings. The van der Waals surface area contributed by atoms with Crippen LogP contribution < -0.4 is 0 Å². The van der Waals surface area contributed by atoms with E-state index in [1.54, 1.807) is 6.20 Å². The molecule has 0 N–H and O–H groups in total. The van der Waals surface area contributed by atoms with Crippen LogP contribution in [0.4, 0.5) is 0 Å². The predicted octanol–water partition coefficient (Wildman–Crippen LogP) is 27.8. The summed E-state index contributed by atoms with van der Waals surface area (Å²) in [6.07, 6.45) is 1.76. The fourth-order valence-corrected chi connectivity index (χ4v) is 18.3. The van der Waals surface area contributed by atoms with Crippen LogP contribution in [0.15, 0.2) is 365 Å². The van der Waals surface area contributed by atoms with E-state index >= 15 is 0 Å². The number of pyridine rings is 1. The van der Waals surface area contributed by atoms with Crippen molar-refractivity contribution >= 4 is 65.8 Å². The zero-order valence-corrected chi connectivity index (χ0v) is 66.8. The largest absolute Gasteiger partial charge is 0.456 e. The monoisotopic (exact) mass is 1540 g/mol. The first-order chi connectivity index (χ1) is 58.7. The summed E-state index contributed by atoms with van der Waals surface area (Å²) in [5, 5.41) is 6.89. The number of rotatable bonds is 9. The number of fused-ring (bicyclic) bond motifs is 18. The van der Waals surface area contributed by atoms with Crippen molar-refractivity contribution in [3.05, 3.63) is 385 Å². The summed E-state index contributed by atoms with van der Waals surface area (Å²) in [7, 11) is 0. The van der Waals surface area contributed by atoms with Gasteiger partial charge in [0.2, 0.25) is 0 Å². The van der Waals surface area contributed by atoms with Crippen molar-refractivity contribution in [1.29, 1.82) is 0 Å². The van der Waals surface area contributed by atoms with E-state index in [1.807, 2.05) is 158 Å². The molecule has 14 aromatic carbocycles. The highest BCUT2D eigenvalue weighted by Crippen LogP contribution is 2.56. The molecule has 0 aliphatic heterocycles. The molecule has 11 nitrogen and oxygen atoms in total. The second-order valence-corrected chi connectivity index (χ2v) is 32.9. The topological polar surface area (TPSA) is 143 Å². The van der Waals surface area contributed by atoms with Crippen LogP contribution in [0, 0.1) is 0 Å². The maximum absolute atomic E-state index is 6.26. The van der Waals surface area contributed by atoms with Crippen molar-refractivity contribution in [2.75, 3.05) is 0 Å². The first-order valence-electron chi connectivity index (χ1n) is 40.7. The maximum Gasteiger partial charge on any atom is 0.182 e. The average Bonchev–Trinajstić information content (AvgIpc) is 1.57. The van der Waals surface area contributed by atoms with Gasteiger partial charge in [-0.25, -0.2) is 34.9 Å². The van der Waals surface area contributed by atoms with Crippen molar-refractivity contribution in [2.45, 2.75) is 57.8 Å². The van der Waals surface area contributed by atoms with Crippen LogP contribution in [-0.2, 0) is 16.2 Å². The van der Waals surface area contributed by atoms with Crippen LogP contribution in [0.2, 0.25) is 0 Å². The number of nitrogens with zero attached hydrogens (tertiary/aromatic N) is 8. The van der Waals surface area contributed by atoms with E-state index in [1.165, 1.54) is 66.8 Å². The summed E-state index contributed by atoms with van der Waals surface area (Å²) in [4.78, 5) is 39.3. The van der Waals surface area contributed by atoms with Gasteiger partial charge in [-0.3, -0.25) is 4.98 Å². The number of hydrogen-bond donors (Lipinski definition) is 0. The molecule has 0 atom stereocenters. The molecule has 0 unspecified atom stereocenters. The van der Waals surface area contributed by atoms with Crippen LogP contribution in [-0.4, -0.2) is 39.9 Å². The van der Waals surface area contributed by atoms with Crippen molar-refractivity contribution < 1.29 is 13.3 Å². The van der Waals surface area contributed by atoms with Crippen LogP contribution in [0.25, 0.3) is 201 Å². The molecule has 0 saturated heterocycles. The van der Waals surface area contributed by atoms with Crippen molar-refractivity contribution in [1.82, 2.24) is 39.9 Å². The van der Waals surface area contributed by atoms with E-state index in [0.717, 1.165) is 145 Å². The molecule has 3 aliphatic carbocycles. The first kappa shape index (κ1) is 71.4. The van der Waals surface area contributed by atoms with Gasteiger partial charge in [0.25, 0.3) is 0 Å².